The standard InChI is InChI=1S/2C14H30S.2C3H7.Sn/c2*1-2-3-4-5-6-7-8-9-10-11-12-13-14-15;2*1-3-2;/h2*15H,2-14H2,1H3;2*1,3H2,2H3;/q;;;;+2/p-2. The molecule has 0 amide bonds. The Morgan fingerprint density at radius 2 is 0.459 bits per heavy atom. The largest absolute Gasteiger partial charge is 2.00 e. The van der Waals surface area contributed by atoms with Gasteiger partial charge in [-0.25, -0.2) is 0 Å². The molecule has 0 rings (SSSR count). The van der Waals surface area contributed by atoms with Crippen molar-refractivity contribution < 1.29 is 0 Å². The maximum Gasteiger partial charge on any atom is 2.00 e. The van der Waals surface area contributed by atoms with Gasteiger partial charge in [-0.15, -0.1) is 0 Å². The third-order valence-electron chi connectivity index (χ3n) is 6.00. The molecule has 0 unspecified atom stereocenters. The molecule has 0 N–H and O–H groups in total. The van der Waals surface area contributed by atoms with Crippen molar-refractivity contribution in [3.8, 4) is 0 Å². The van der Waals surface area contributed by atoms with Gasteiger partial charge in [-0.1, -0.05) is 208 Å². The topological polar surface area (TPSA) is 0 Å². The number of hydrogen-bond donors (Lipinski definition) is 0. The smallest absolute Gasteiger partial charge is 0.793 e. The summed E-state index contributed by atoms with van der Waals surface area (Å²) in [6.45, 7) is 15.6. The first-order valence-electron chi connectivity index (χ1n) is 16.4. The van der Waals surface area contributed by atoms with Gasteiger partial charge in [-0.05, 0) is 0 Å². The second-order valence-corrected chi connectivity index (χ2v) is 11.0. The molecule has 0 spiro atoms. The van der Waals surface area contributed by atoms with Gasteiger partial charge in [0.2, 0.25) is 0 Å². The predicted octanol–water partition coefficient (Wildman–Crippen LogP) is 12.5. The Kier molecular flexibility index (Phi) is 74.8. The maximum atomic E-state index is 4.92. The van der Waals surface area contributed by atoms with Crippen LogP contribution in [0.1, 0.15) is 195 Å². The maximum absolute atomic E-state index is 4.92. The SMILES string of the molecule is CCCCCCCCCCCCCC[S-].CCCCCCCCCCCCCC[S-].[CH2]CC.[CH2]CC.[Sn+2]. The van der Waals surface area contributed by atoms with E-state index in [-0.39, 0.29) is 23.9 Å². The van der Waals surface area contributed by atoms with Crippen molar-refractivity contribution in [3.05, 3.63) is 13.8 Å². The van der Waals surface area contributed by atoms with E-state index in [0.717, 1.165) is 24.3 Å². The Morgan fingerprint density at radius 3 is 0.595 bits per heavy atom. The minimum Gasteiger partial charge on any atom is -0.793 e. The summed E-state index contributed by atoms with van der Waals surface area (Å²) >= 11 is 9.84. The third kappa shape index (κ3) is 72.7. The molecule has 0 atom stereocenters. The predicted molar refractivity (Wildman–Crippen MR) is 184 cm³/mol. The number of hydrogen-bond acceptors (Lipinski definition) is 2. The van der Waals surface area contributed by atoms with Gasteiger partial charge in [-0.3, -0.25) is 0 Å². The molecule has 0 aromatic rings. The second kappa shape index (κ2) is 57.4. The molecule has 0 bridgehead atoms. The zero-order valence-electron chi connectivity index (χ0n) is 26.5. The van der Waals surface area contributed by atoms with Crippen molar-refractivity contribution in [2.75, 3.05) is 11.5 Å². The zero-order valence-corrected chi connectivity index (χ0v) is 31.0. The number of rotatable bonds is 24. The van der Waals surface area contributed by atoms with Crippen LogP contribution in [0.15, 0.2) is 0 Å². The van der Waals surface area contributed by atoms with E-state index < -0.39 is 0 Å². The van der Waals surface area contributed by atoms with Crippen LogP contribution in [0.5, 0.6) is 0 Å². The summed E-state index contributed by atoms with van der Waals surface area (Å²) in [7, 11) is 0. The Bertz CT molecular complexity index is 235. The summed E-state index contributed by atoms with van der Waals surface area (Å²) in [6, 6.07) is 0. The van der Waals surface area contributed by atoms with Gasteiger partial charge in [-0.2, -0.15) is 11.5 Å². The van der Waals surface area contributed by atoms with Crippen LogP contribution in [-0.4, -0.2) is 35.4 Å². The summed E-state index contributed by atoms with van der Waals surface area (Å²) in [5.74, 6) is 1.91. The minimum absolute atomic E-state index is 0. The summed E-state index contributed by atoms with van der Waals surface area (Å²) in [5, 5.41) is 0. The summed E-state index contributed by atoms with van der Waals surface area (Å²) in [6.07, 6.45) is 36.0. The molecule has 0 aliphatic heterocycles. The summed E-state index contributed by atoms with van der Waals surface area (Å²) < 4.78 is 0. The molecule has 0 aliphatic rings. The van der Waals surface area contributed by atoms with E-state index in [0.29, 0.717) is 0 Å². The average molecular weight is 664 g/mol. The Morgan fingerprint density at radius 1 is 0.324 bits per heavy atom. The molecular weight excluding hydrogens is 591 g/mol. The normalized spacial score (nSPS) is 9.73. The Balaban J connectivity index is -0.000000148. The van der Waals surface area contributed by atoms with Crippen LogP contribution in [0, 0.1) is 13.8 Å². The fourth-order valence-corrected chi connectivity index (χ4v) is 4.29. The Labute approximate surface area is 267 Å². The minimum atomic E-state index is 0. The van der Waals surface area contributed by atoms with Crippen molar-refractivity contribution in [2.24, 2.45) is 0 Å². The molecule has 0 aromatic heterocycles. The van der Waals surface area contributed by atoms with Crippen LogP contribution in [0.25, 0.3) is 0 Å². The number of unbranched alkanes of at least 4 members (excludes halogenated alkanes) is 22. The molecule has 0 aliphatic carbocycles. The molecule has 0 saturated carbocycles. The van der Waals surface area contributed by atoms with Gasteiger partial charge in [0.25, 0.3) is 0 Å². The van der Waals surface area contributed by atoms with Crippen molar-refractivity contribution in [3.63, 3.8) is 0 Å². The van der Waals surface area contributed by atoms with Gasteiger partial charge in [0.15, 0.2) is 0 Å². The Hall–Kier alpha value is 1.50. The van der Waals surface area contributed by atoms with Crippen molar-refractivity contribution >= 4 is 49.2 Å². The first kappa shape index (κ1) is 48.2. The molecule has 0 saturated heterocycles. The van der Waals surface area contributed by atoms with E-state index in [2.05, 4.69) is 27.7 Å². The van der Waals surface area contributed by atoms with Gasteiger partial charge in [0.05, 0.1) is 0 Å². The van der Waals surface area contributed by atoms with Crippen LogP contribution in [0.4, 0.5) is 0 Å². The first-order chi connectivity index (χ1) is 17.7. The van der Waals surface area contributed by atoms with E-state index in [1.54, 1.807) is 0 Å². The van der Waals surface area contributed by atoms with Crippen LogP contribution >= 0.6 is 0 Å². The van der Waals surface area contributed by atoms with Crippen molar-refractivity contribution in [2.45, 2.75) is 195 Å². The second-order valence-electron chi connectivity index (χ2n) is 10.2. The van der Waals surface area contributed by atoms with Crippen LogP contribution in [-0.2, 0) is 25.3 Å². The molecule has 224 valence electrons. The molecule has 0 nitrogen and oxygen atoms in total. The first-order valence-corrected chi connectivity index (χ1v) is 17.6. The third-order valence-corrected chi connectivity index (χ3v) is 6.57. The van der Waals surface area contributed by atoms with E-state index in [9.17, 15) is 0 Å². The monoisotopic (exact) mass is 664 g/mol. The van der Waals surface area contributed by atoms with E-state index in [1.807, 2.05) is 13.8 Å². The van der Waals surface area contributed by atoms with Gasteiger partial charge < -0.3 is 25.3 Å². The van der Waals surface area contributed by atoms with Crippen molar-refractivity contribution in [1.29, 1.82) is 0 Å². The molecule has 0 aromatic carbocycles. The molecule has 37 heavy (non-hydrogen) atoms. The van der Waals surface area contributed by atoms with Gasteiger partial charge in [0, 0.05) is 0 Å². The fourth-order valence-electron chi connectivity index (χ4n) is 3.89. The molecule has 3 heteroatoms. The van der Waals surface area contributed by atoms with Crippen LogP contribution < -0.4 is 0 Å². The van der Waals surface area contributed by atoms with E-state index in [4.69, 9.17) is 25.3 Å². The van der Waals surface area contributed by atoms with Gasteiger partial charge in [0.1, 0.15) is 0 Å². The molecule has 0 fully saturated rings. The zero-order chi connectivity index (χ0) is 27.8. The average Bonchev–Trinajstić information content (AvgIpc) is 2.87. The fraction of sp³-hybridized carbons (Fsp3) is 0.941. The summed E-state index contributed by atoms with van der Waals surface area (Å²) in [5.41, 5.74) is 0. The molecule has 4 radical (unpaired) electrons. The van der Waals surface area contributed by atoms with Gasteiger partial charge >= 0.3 is 23.9 Å². The van der Waals surface area contributed by atoms with Crippen LogP contribution in [0.2, 0.25) is 0 Å². The van der Waals surface area contributed by atoms with E-state index >= 15 is 0 Å². The summed E-state index contributed by atoms with van der Waals surface area (Å²) in [4.78, 5) is 0. The van der Waals surface area contributed by atoms with Crippen molar-refractivity contribution in [1.82, 2.24) is 0 Å². The van der Waals surface area contributed by atoms with Crippen LogP contribution in [0.3, 0.4) is 0 Å². The molecule has 0 heterocycles. The van der Waals surface area contributed by atoms with E-state index in [1.165, 1.54) is 154 Å². The quantitative estimate of drug-likeness (QED) is 0.0573. The molecular formula is C34H72S2Sn.